The van der Waals surface area contributed by atoms with Crippen LogP contribution in [-0.2, 0) is 16.9 Å². The van der Waals surface area contributed by atoms with Gasteiger partial charge in [-0.3, -0.25) is 0 Å². The van der Waals surface area contributed by atoms with Crippen LogP contribution < -0.4 is 9.46 Å². The minimum Gasteiger partial charge on any atom is -0.598 e. The third kappa shape index (κ3) is 4.28. The van der Waals surface area contributed by atoms with Crippen molar-refractivity contribution in [3.05, 3.63) is 54.0 Å². The molecule has 2 aromatic rings. The Bertz CT molecular complexity index is 989. The lowest BCUT2D eigenvalue weighted by molar-refractivity contribution is -0.196. The van der Waals surface area contributed by atoms with E-state index in [0.29, 0.717) is 0 Å². The van der Waals surface area contributed by atoms with Gasteiger partial charge in [-0.2, -0.15) is 13.2 Å². The van der Waals surface area contributed by atoms with E-state index in [-0.39, 0.29) is 33.8 Å². The second-order valence-electron chi connectivity index (χ2n) is 8.15. The molecule has 0 radical (unpaired) electrons. The molecular formula is C21H21F5N2O2S. The third-order valence-corrected chi connectivity index (χ3v) is 6.46. The molecule has 0 saturated carbocycles. The Kier molecular flexibility index (Phi) is 6.11. The predicted octanol–water partition coefficient (Wildman–Crippen LogP) is 5.07. The molecule has 0 amide bonds. The van der Waals surface area contributed by atoms with E-state index in [1.165, 1.54) is 32.9 Å². The number of nitrogens with zero attached hydrogens (tertiary/aromatic N) is 1. The van der Waals surface area contributed by atoms with Crippen molar-refractivity contribution in [2.24, 2.45) is 0 Å². The molecule has 0 bridgehead atoms. The van der Waals surface area contributed by atoms with Crippen LogP contribution in [-0.4, -0.2) is 33.7 Å². The maximum Gasteiger partial charge on any atom is 0.418 e. The third-order valence-electron chi connectivity index (χ3n) is 4.81. The van der Waals surface area contributed by atoms with Crippen molar-refractivity contribution in [3.63, 3.8) is 0 Å². The van der Waals surface area contributed by atoms with Crippen molar-refractivity contribution in [1.82, 2.24) is 9.71 Å². The first-order chi connectivity index (χ1) is 14.3. The molecule has 4 nitrogen and oxygen atoms in total. The molecule has 2 atom stereocenters. The SMILES string of the molecule is C=C(CF)c1cc2c(c(-c3ccc(F)cc3)n1)OC[C@@]2(N[S@+]([O-])C(C)(C)C)C(F)(F)F. The van der Waals surface area contributed by atoms with Crippen molar-refractivity contribution >= 4 is 16.9 Å². The predicted molar refractivity (Wildman–Crippen MR) is 109 cm³/mol. The number of halogens is 5. The lowest BCUT2D eigenvalue weighted by Crippen LogP contribution is -2.60. The number of alkyl halides is 4. The van der Waals surface area contributed by atoms with Crippen molar-refractivity contribution in [2.45, 2.75) is 37.2 Å². The van der Waals surface area contributed by atoms with Crippen LogP contribution in [0.15, 0.2) is 36.9 Å². The summed E-state index contributed by atoms with van der Waals surface area (Å²) in [7, 11) is 0. The number of hydrogen-bond donors (Lipinski definition) is 1. The van der Waals surface area contributed by atoms with Gasteiger partial charge in [-0.1, -0.05) is 6.58 Å². The summed E-state index contributed by atoms with van der Waals surface area (Å²) in [6.45, 7) is 6.20. The Morgan fingerprint density at radius 2 is 1.87 bits per heavy atom. The second-order valence-corrected chi connectivity index (χ2v) is 10.1. The number of fused-ring (bicyclic) bond motifs is 1. The van der Waals surface area contributed by atoms with Crippen LogP contribution in [0.4, 0.5) is 22.0 Å². The van der Waals surface area contributed by atoms with Crippen LogP contribution in [0.25, 0.3) is 16.8 Å². The maximum absolute atomic E-state index is 14.4. The standard InChI is InChI=1S/C21H21F5N2O2S/c1-12(10-22)16-9-15-18(17(27-16)13-5-7-14(23)8-6-13)30-11-20(15,21(24,25)26)28-31(29)19(2,3)4/h5-9,28H,1,10-11H2,2-4H3/t20-,31+/m0/s1. The zero-order valence-electron chi connectivity index (χ0n) is 17.1. The number of hydrogen-bond acceptors (Lipinski definition) is 4. The molecule has 1 aromatic heterocycles. The van der Waals surface area contributed by atoms with E-state index >= 15 is 0 Å². The van der Waals surface area contributed by atoms with Gasteiger partial charge in [-0.15, -0.1) is 4.72 Å². The Balaban J connectivity index is 2.27. The molecule has 0 saturated heterocycles. The highest BCUT2D eigenvalue weighted by atomic mass is 32.2. The van der Waals surface area contributed by atoms with E-state index in [9.17, 15) is 26.5 Å². The number of benzene rings is 1. The number of pyridine rings is 1. The van der Waals surface area contributed by atoms with Crippen molar-refractivity contribution in [2.75, 3.05) is 13.3 Å². The summed E-state index contributed by atoms with van der Waals surface area (Å²) in [5.41, 5.74) is -3.17. The lowest BCUT2D eigenvalue weighted by Gasteiger charge is -2.35. The highest BCUT2D eigenvalue weighted by Crippen LogP contribution is 2.51. The second kappa shape index (κ2) is 8.07. The van der Waals surface area contributed by atoms with Crippen LogP contribution in [0.2, 0.25) is 0 Å². The smallest absolute Gasteiger partial charge is 0.418 e. The average Bonchev–Trinajstić information content (AvgIpc) is 3.06. The average molecular weight is 460 g/mol. The summed E-state index contributed by atoms with van der Waals surface area (Å²) in [5.74, 6) is -0.740. The fourth-order valence-electron chi connectivity index (χ4n) is 3.00. The van der Waals surface area contributed by atoms with E-state index in [1.807, 2.05) is 0 Å². The van der Waals surface area contributed by atoms with E-state index in [1.54, 1.807) is 0 Å². The Morgan fingerprint density at radius 3 is 2.39 bits per heavy atom. The summed E-state index contributed by atoms with van der Waals surface area (Å²) < 4.78 is 89.2. The van der Waals surface area contributed by atoms with Crippen molar-refractivity contribution in [1.29, 1.82) is 0 Å². The largest absolute Gasteiger partial charge is 0.598 e. The molecule has 0 aliphatic carbocycles. The molecule has 0 unspecified atom stereocenters. The van der Waals surface area contributed by atoms with Crippen LogP contribution in [0.3, 0.4) is 0 Å². The first-order valence-corrected chi connectivity index (χ1v) is 10.4. The molecule has 3 rings (SSSR count). The van der Waals surface area contributed by atoms with Gasteiger partial charge in [0.1, 0.15) is 29.5 Å². The van der Waals surface area contributed by atoms with Gasteiger partial charge in [0.25, 0.3) is 0 Å². The van der Waals surface area contributed by atoms with Crippen molar-refractivity contribution in [3.8, 4) is 17.0 Å². The van der Waals surface area contributed by atoms with Gasteiger partial charge in [0.2, 0.25) is 5.54 Å². The van der Waals surface area contributed by atoms with E-state index in [0.717, 1.165) is 18.2 Å². The molecule has 168 valence electrons. The van der Waals surface area contributed by atoms with E-state index in [4.69, 9.17) is 4.74 Å². The van der Waals surface area contributed by atoms with Gasteiger partial charge in [0.05, 0.1) is 5.69 Å². The highest BCUT2D eigenvalue weighted by molar-refractivity contribution is 7.90. The Labute approximate surface area is 179 Å². The van der Waals surface area contributed by atoms with Gasteiger partial charge < -0.3 is 9.29 Å². The molecule has 1 aromatic carbocycles. The summed E-state index contributed by atoms with van der Waals surface area (Å²) in [6, 6.07) is 5.96. The molecule has 10 heteroatoms. The molecule has 1 aliphatic heterocycles. The van der Waals surface area contributed by atoms with Gasteiger partial charge in [-0.25, -0.2) is 13.8 Å². The number of ether oxygens (including phenoxy) is 1. The van der Waals surface area contributed by atoms with Crippen LogP contribution in [0.1, 0.15) is 32.0 Å². The number of rotatable bonds is 5. The maximum atomic E-state index is 14.4. The molecule has 1 aliphatic rings. The molecule has 0 fully saturated rings. The normalized spacial score (nSPS) is 19.6. The molecule has 0 spiro atoms. The van der Waals surface area contributed by atoms with Gasteiger partial charge in [-0.05, 0) is 51.1 Å². The number of aromatic nitrogens is 1. The van der Waals surface area contributed by atoms with Crippen LogP contribution in [0, 0.1) is 5.82 Å². The number of allylic oxidation sites excluding steroid dienone is 1. The summed E-state index contributed by atoms with van der Waals surface area (Å²) in [6.07, 6.45) is -4.91. The quantitative estimate of drug-likeness (QED) is 0.500. The Hall–Kier alpha value is -2.17. The van der Waals surface area contributed by atoms with Crippen molar-refractivity contribution < 1.29 is 31.2 Å². The molecule has 31 heavy (non-hydrogen) atoms. The topological polar surface area (TPSA) is 57.2 Å². The van der Waals surface area contributed by atoms with Crippen LogP contribution >= 0.6 is 0 Å². The minimum atomic E-state index is -4.91. The van der Waals surface area contributed by atoms with Crippen LogP contribution in [0.5, 0.6) is 5.75 Å². The zero-order chi connectivity index (χ0) is 23.2. The summed E-state index contributed by atoms with van der Waals surface area (Å²) >= 11 is -2.11. The lowest BCUT2D eigenvalue weighted by atomic mass is 9.90. The van der Waals surface area contributed by atoms with Gasteiger partial charge in [0.15, 0.2) is 5.75 Å². The highest BCUT2D eigenvalue weighted by Gasteiger charge is 2.65. The molecule has 1 N–H and O–H groups in total. The monoisotopic (exact) mass is 460 g/mol. The van der Waals surface area contributed by atoms with Gasteiger partial charge in [0, 0.05) is 28.1 Å². The molecule has 2 heterocycles. The first-order valence-electron chi connectivity index (χ1n) is 9.25. The minimum absolute atomic E-state index is 0.0171. The fourth-order valence-corrected chi connectivity index (χ4v) is 3.90. The summed E-state index contributed by atoms with van der Waals surface area (Å²) in [5, 5.41) is 0. The number of nitrogens with one attached hydrogen (secondary N) is 1. The molecular weight excluding hydrogens is 439 g/mol. The fraction of sp³-hybridized carbons (Fsp3) is 0.381. The van der Waals surface area contributed by atoms with Gasteiger partial charge >= 0.3 is 6.18 Å². The first kappa shape index (κ1) is 23.5. The van der Waals surface area contributed by atoms with E-state index in [2.05, 4.69) is 16.3 Å². The Morgan fingerprint density at radius 1 is 1.26 bits per heavy atom. The zero-order valence-corrected chi connectivity index (χ0v) is 17.9. The van der Waals surface area contributed by atoms with E-state index < -0.39 is 46.9 Å². The summed E-state index contributed by atoms with van der Waals surface area (Å²) in [4.78, 5) is 4.23.